The van der Waals surface area contributed by atoms with Gasteiger partial charge in [-0.3, -0.25) is 0 Å². The Bertz CT molecular complexity index is 761. The van der Waals surface area contributed by atoms with Crippen molar-refractivity contribution in [2.75, 3.05) is 5.73 Å². The van der Waals surface area contributed by atoms with Gasteiger partial charge in [-0.15, -0.1) is 5.10 Å². The number of aryl methyl sites for hydroxylation is 2. The Kier molecular flexibility index (Phi) is 3.06. The van der Waals surface area contributed by atoms with E-state index in [0.717, 1.165) is 41.2 Å². The van der Waals surface area contributed by atoms with Gasteiger partial charge in [-0.2, -0.15) is 4.68 Å². The molecule has 0 aliphatic rings. The fraction of sp³-hybridized carbons (Fsp3) is 0.286. The molecule has 20 heavy (non-hydrogen) atoms. The lowest BCUT2D eigenvalue weighted by molar-refractivity contribution is 0.773. The maximum atomic E-state index is 5.80. The largest absolute Gasteiger partial charge is 0.399 e. The van der Waals surface area contributed by atoms with Gasteiger partial charge in [0.2, 0.25) is 0 Å². The highest BCUT2D eigenvalue weighted by atomic mass is 15.4. The molecule has 2 aromatic heterocycles. The maximum Gasteiger partial charge on any atom is 0.166 e. The molecule has 0 saturated carbocycles. The fourth-order valence-electron chi connectivity index (χ4n) is 2.17. The Morgan fingerprint density at radius 1 is 1.15 bits per heavy atom. The summed E-state index contributed by atoms with van der Waals surface area (Å²) in [6.07, 6.45) is 3.13. The number of nitrogens with zero attached hydrogens (tertiary/aromatic N) is 5. The lowest BCUT2D eigenvalue weighted by atomic mass is 10.2. The van der Waals surface area contributed by atoms with Crippen molar-refractivity contribution >= 4 is 16.6 Å². The first-order chi connectivity index (χ1) is 9.72. The van der Waals surface area contributed by atoms with Crippen LogP contribution >= 0.6 is 0 Å². The number of fused-ring (bicyclic) bond motifs is 1. The van der Waals surface area contributed by atoms with Crippen LogP contribution in [0.2, 0.25) is 0 Å². The van der Waals surface area contributed by atoms with E-state index in [-0.39, 0.29) is 0 Å². The van der Waals surface area contributed by atoms with E-state index in [4.69, 9.17) is 5.73 Å². The zero-order chi connectivity index (χ0) is 14.1. The lowest BCUT2D eigenvalue weighted by Crippen LogP contribution is -2.06. The minimum atomic E-state index is 0.686. The van der Waals surface area contributed by atoms with Crippen LogP contribution in [0.1, 0.15) is 25.5 Å². The van der Waals surface area contributed by atoms with Gasteiger partial charge in [-0.1, -0.05) is 13.8 Å². The van der Waals surface area contributed by atoms with Crippen LogP contribution < -0.4 is 5.73 Å². The maximum absolute atomic E-state index is 5.80. The summed E-state index contributed by atoms with van der Waals surface area (Å²) in [5.41, 5.74) is 7.30. The zero-order valence-corrected chi connectivity index (χ0v) is 11.5. The van der Waals surface area contributed by atoms with Gasteiger partial charge in [0, 0.05) is 23.9 Å². The van der Waals surface area contributed by atoms with E-state index in [1.54, 1.807) is 4.68 Å². The third-order valence-corrected chi connectivity index (χ3v) is 3.19. The van der Waals surface area contributed by atoms with Crippen molar-refractivity contribution < 1.29 is 0 Å². The van der Waals surface area contributed by atoms with Crippen LogP contribution in [-0.4, -0.2) is 24.7 Å². The van der Waals surface area contributed by atoms with E-state index < -0.39 is 0 Å². The fourth-order valence-corrected chi connectivity index (χ4v) is 2.17. The summed E-state index contributed by atoms with van der Waals surface area (Å²) in [5.74, 6) is 2.47. The number of aromatic nitrogens is 5. The van der Waals surface area contributed by atoms with Gasteiger partial charge in [0.15, 0.2) is 11.6 Å². The minimum Gasteiger partial charge on any atom is -0.399 e. The van der Waals surface area contributed by atoms with Crippen LogP contribution in [-0.2, 0) is 12.8 Å². The zero-order valence-electron chi connectivity index (χ0n) is 11.5. The molecule has 0 bridgehead atoms. The van der Waals surface area contributed by atoms with Crippen molar-refractivity contribution in [2.24, 2.45) is 0 Å². The van der Waals surface area contributed by atoms with Crippen LogP contribution in [0.15, 0.2) is 24.5 Å². The highest BCUT2D eigenvalue weighted by molar-refractivity contribution is 5.87. The highest BCUT2D eigenvalue weighted by Gasteiger charge is 2.13. The van der Waals surface area contributed by atoms with Gasteiger partial charge in [-0.05, 0) is 18.2 Å². The third-order valence-electron chi connectivity index (χ3n) is 3.19. The molecule has 3 aromatic rings. The van der Waals surface area contributed by atoms with E-state index in [1.165, 1.54) is 6.33 Å². The predicted octanol–water partition coefficient (Wildman–Crippen LogP) is 1.92. The summed E-state index contributed by atoms with van der Waals surface area (Å²) in [5, 5.41) is 5.45. The van der Waals surface area contributed by atoms with Crippen LogP contribution in [0.3, 0.4) is 0 Å². The smallest absolute Gasteiger partial charge is 0.166 e. The molecule has 0 atom stereocenters. The molecule has 2 N–H and O–H groups in total. The average Bonchev–Trinajstić information content (AvgIpc) is 2.89. The molecule has 0 amide bonds. The van der Waals surface area contributed by atoms with Crippen LogP contribution in [0, 0.1) is 0 Å². The number of hydrogen-bond acceptors (Lipinski definition) is 5. The molecule has 1 aromatic carbocycles. The van der Waals surface area contributed by atoms with Crippen LogP contribution in [0.5, 0.6) is 0 Å². The van der Waals surface area contributed by atoms with Crippen molar-refractivity contribution in [3.8, 4) is 5.82 Å². The Labute approximate surface area is 116 Å². The number of nitrogen functional groups attached to an aromatic ring is 1. The number of benzene rings is 1. The van der Waals surface area contributed by atoms with Gasteiger partial charge in [-0.25, -0.2) is 15.0 Å². The molecule has 0 saturated heterocycles. The molecule has 102 valence electrons. The van der Waals surface area contributed by atoms with E-state index in [2.05, 4.69) is 27.0 Å². The summed E-state index contributed by atoms with van der Waals surface area (Å²) in [6, 6.07) is 5.61. The number of anilines is 1. The minimum absolute atomic E-state index is 0.686. The Hall–Kier alpha value is -2.50. The van der Waals surface area contributed by atoms with Gasteiger partial charge in [0.1, 0.15) is 12.2 Å². The summed E-state index contributed by atoms with van der Waals surface area (Å²) < 4.78 is 1.80. The molecule has 3 rings (SSSR count). The summed E-state index contributed by atoms with van der Waals surface area (Å²) >= 11 is 0. The van der Waals surface area contributed by atoms with Crippen molar-refractivity contribution in [1.29, 1.82) is 0 Å². The number of nitrogens with two attached hydrogens (primary N) is 1. The summed E-state index contributed by atoms with van der Waals surface area (Å²) in [6.45, 7) is 4.10. The topological polar surface area (TPSA) is 82.5 Å². The second kappa shape index (κ2) is 4.88. The van der Waals surface area contributed by atoms with Gasteiger partial charge in [0.25, 0.3) is 0 Å². The van der Waals surface area contributed by atoms with Crippen molar-refractivity contribution in [3.63, 3.8) is 0 Å². The first-order valence-electron chi connectivity index (χ1n) is 6.68. The van der Waals surface area contributed by atoms with Crippen LogP contribution in [0.25, 0.3) is 16.7 Å². The molecule has 0 aliphatic carbocycles. The van der Waals surface area contributed by atoms with Crippen LogP contribution in [0.4, 0.5) is 5.69 Å². The summed E-state index contributed by atoms with van der Waals surface area (Å²) in [4.78, 5) is 13.1. The lowest BCUT2D eigenvalue weighted by Gasteiger charge is -2.07. The molecule has 6 nitrogen and oxygen atoms in total. The SMILES string of the molecule is CCc1nc(CC)n(-c2ncnc3cc(N)ccc23)n1. The summed E-state index contributed by atoms with van der Waals surface area (Å²) in [7, 11) is 0. The second-order valence-electron chi connectivity index (χ2n) is 4.54. The second-order valence-corrected chi connectivity index (χ2v) is 4.54. The van der Waals surface area contributed by atoms with Crippen molar-refractivity contribution in [1.82, 2.24) is 24.7 Å². The average molecular weight is 268 g/mol. The van der Waals surface area contributed by atoms with E-state index in [1.807, 2.05) is 25.1 Å². The molecule has 2 heterocycles. The molecule has 0 spiro atoms. The molecule has 0 radical (unpaired) electrons. The molecule has 0 aliphatic heterocycles. The predicted molar refractivity (Wildman–Crippen MR) is 77.6 cm³/mol. The Morgan fingerprint density at radius 2 is 2.00 bits per heavy atom. The first kappa shape index (κ1) is 12.5. The van der Waals surface area contributed by atoms with Crippen molar-refractivity contribution in [3.05, 3.63) is 36.2 Å². The molecular weight excluding hydrogens is 252 g/mol. The third kappa shape index (κ3) is 1.99. The molecule has 0 unspecified atom stereocenters. The van der Waals surface area contributed by atoms with Gasteiger partial charge < -0.3 is 5.73 Å². The quantitative estimate of drug-likeness (QED) is 0.734. The van der Waals surface area contributed by atoms with E-state index >= 15 is 0 Å². The van der Waals surface area contributed by atoms with E-state index in [9.17, 15) is 0 Å². The van der Waals surface area contributed by atoms with Gasteiger partial charge >= 0.3 is 0 Å². The standard InChI is InChI=1S/C14H16N6/c1-3-12-18-13(4-2)20(19-12)14-10-6-5-9(15)7-11(10)16-8-17-14/h5-8H,3-4,15H2,1-2H3. The monoisotopic (exact) mass is 268 g/mol. The number of hydrogen-bond donors (Lipinski definition) is 1. The normalized spacial score (nSPS) is 11.1. The number of rotatable bonds is 3. The van der Waals surface area contributed by atoms with Gasteiger partial charge in [0.05, 0.1) is 5.52 Å². The van der Waals surface area contributed by atoms with Crippen molar-refractivity contribution in [2.45, 2.75) is 26.7 Å². The highest BCUT2D eigenvalue weighted by Crippen LogP contribution is 2.21. The molecular formula is C14H16N6. The molecule has 0 fully saturated rings. The van der Waals surface area contributed by atoms with E-state index in [0.29, 0.717) is 5.69 Å². The Balaban J connectivity index is 2.26. The first-order valence-corrected chi connectivity index (χ1v) is 6.68. The Morgan fingerprint density at radius 3 is 2.75 bits per heavy atom. The molecule has 6 heteroatoms.